The third-order valence-electron chi connectivity index (χ3n) is 2.21. The van der Waals surface area contributed by atoms with Crippen LogP contribution in [0.3, 0.4) is 0 Å². The molecule has 0 heterocycles. The van der Waals surface area contributed by atoms with Crippen LogP contribution >= 0.6 is 0 Å². The van der Waals surface area contributed by atoms with Gasteiger partial charge in [-0.1, -0.05) is 13.8 Å². The molecule has 16 heavy (non-hydrogen) atoms. The summed E-state index contributed by atoms with van der Waals surface area (Å²) in [5, 5.41) is 5.56. The van der Waals surface area contributed by atoms with Gasteiger partial charge in [-0.25, -0.2) is 0 Å². The Kier molecular flexibility index (Phi) is 7.54. The Labute approximate surface area is 96.9 Å². The van der Waals surface area contributed by atoms with Gasteiger partial charge in [0.25, 0.3) is 0 Å². The second-order valence-corrected chi connectivity index (χ2v) is 4.08. The van der Waals surface area contributed by atoms with Crippen LogP contribution < -0.4 is 10.6 Å². The normalized spacial score (nSPS) is 12.3. The van der Waals surface area contributed by atoms with Crippen molar-refractivity contribution in [3.63, 3.8) is 0 Å². The third-order valence-corrected chi connectivity index (χ3v) is 2.21. The lowest BCUT2D eigenvalue weighted by Gasteiger charge is -2.17. The first-order valence-electron chi connectivity index (χ1n) is 5.53. The van der Waals surface area contributed by atoms with Gasteiger partial charge in [0.15, 0.2) is 0 Å². The maximum absolute atomic E-state index is 11.4. The van der Waals surface area contributed by atoms with E-state index in [4.69, 9.17) is 4.74 Å². The van der Waals surface area contributed by atoms with E-state index in [1.54, 1.807) is 7.05 Å². The van der Waals surface area contributed by atoms with Crippen molar-refractivity contribution in [1.29, 1.82) is 0 Å². The van der Waals surface area contributed by atoms with Crippen molar-refractivity contribution >= 4 is 11.9 Å². The zero-order valence-electron chi connectivity index (χ0n) is 10.5. The second kappa shape index (κ2) is 8.10. The molecule has 5 heteroatoms. The molecule has 5 nitrogen and oxygen atoms in total. The van der Waals surface area contributed by atoms with E-state index in [0.29, 0.717) is 25.3 Å². The van der Waals surface area contributed by atoms with Gasteiger partial charge in [-0.2, -0.15) is 0 Å². The first kappa shape index (κ1) is 14.9. The highest BCUT2D eigenvalue weighted by atomic mass is 16.5. The fraction of sp³-hybridized carbons (Fsp3) is 0.818. The van der Waals surface area contributed by atoms with Gasteiger partial charge in [-0.3, -0.25) is 9.59 Å². The molecule has 1 atom stereocenters. The number of ether oxygens (including phenoxy) is 1. The summed E-state index contributed by atoms with van der Waals surface area (Å²) < 4.78 is 4.70. The van der Waals surface area contributed by atoms with E-state index < -0.39 is 0 Å². The summed E-state index contributed by atoms with van der Waals surface area (Å²) in [6, 6.07) is -0.324. The highest BCUT2D eigenvalue weighted by Gasteiger charge is 2.19. The van der Waals surface area contributed by atoms with E-state index in [-0.39, 0.29) is 17.9 Å². The van der Waals surface area contributed by atoms with Crippen LogP contribution in [-0.4, -0.2) is 38.6 Å². The van der Waals surface area contributed by atoms with Crippen LogP contribution in [-0.2, 0) is 14.3 Å². The highest BCUT2D eigenvalue weighted by molar-refractivity contribution is 5.77. The quantitative estimate of drug-likeness (QED) is 0.617. The van der Waals surface area contributed by atoms with Crippen LogP contribution in [0.4, 0.5) is 0 Å². The number of rotatable bonds is 7. The number of methoxy groups -OCH3 is 1. The molecule has 94 valence electrons. The molecule has 0 radical (unpaired) electrons. The van der Waals surface area contributed by atoms with Crippen molar-refractivity contribution in [1.82, 2.24) is 10.6 Å². The Hall–Kier alpha value is -1.10. The van der Waals surface area contributed by atoms with Gasteiger partial charge in [0.05, 0.1) is 7.11 Å². The number of esters is 1. The molecule has 0 aliphatic heterocycles. The minimum absolute atomic E-state index is 0.0411. The minimum Gasteiger partial charge on any atom is -0.468 e. The third kappa shape index (κ3) is 6.40. The van der Waals surface area contributed by atoms with Crippen molar-refractivity contribution in [3.05, 3.63) is 0 Å². The van der Waals surface area contributed by atoms with Crippen molar-refractivity contribution in [2.75, 3.05) is 20.7 Å². The van der Waals surface area contributed by atoms with Gasteiger partial charge in [-0.15, -0.1) is 0 Å². The largest absolute Gasteiger partial charge is 0.468 e. The van der Waals surface area contributed by atoms with Crippen molar-refractivity contribution in [2.24, 2.45) is 5.92 Å². The Balaban J connectivity index is 4.01. The number of carbonyl (C=O) groups is 2. The second-order valence-electron chi connectivity index (χ2n) is 4.08. The van der Waals surface area contributed by atoms with Gasteiger partial charge >= 0.3 is 5.97 Å². The van der Waals surface area contributed by atoms with Crippen LogP contribution in [0, 0.1) is 5.92 Å². The SMILES string of the molecule is CNC(=O)CCNC(CC(C)C)C(=O)OC. The summed E-state index contributed by atoms with van der Waals surface area (Å²) in [6.45, 7) is 4.55. The summed E-state index contributed by atoms with van der Waals surface area (Å²) in [7, 11) is 2.96. The summed E-state index contributed by atoms with van der Waals surface area (Å²) in [4.78, 5) is 22.4. The van der Waals surface area contributed by atoms with Gasteiger partial charge in [0, 0.05) is 20.0 Å². The molecule has 0 aromatic carbocycles. The number of carbonyl (C=O) groups excluding carboxylic acids is 2. The maximum atomic E-state index is 11.4. The van der Waals surface area contributed by atoms with Gasteiger partial charge in [-0.05, 0) is 12.3 Å². The minimum atomic E-state index is -0.324. The molecule has 1 unspecified atom stereocenters. The zero-order valence-corrected chi connectivity index (χ0v) is 10.5. The van der Waals surface area contributed by atoms with Crippen LogP contribution in [0.15, 0.2) is 0 Å². The molecule has 0 saturated carbocycles. The van der Waals surface area contributed by atoms with E-state index >= 15 is 0 Å². The fourth-order valence-corrected chi connectivity index (χ4v) is 1.36. The number of amides is 1. The summed E-state index contributed by atoms with van der Waals surface area (Å²) in [5.41, 5.74) is 0. The standard InChI is InChI=1S/C11H22N2O3/c1-8(2)7-9(11(15)16-4)13-6-5-10(14)12-3/h8-9,13H,5-7H2,1-4H3,(H,12,14). The van der Waals surface area contributed by atoms with E-state index in [9.17, 15) is 9.59 Å². The topological polar surface area (TPSA) is 67.4 Å². The summed E-state index contributed by atoms with van der Waals surface area (Å²) >= 11 is 0. The highest BCUT2D eigenvalue weighted by Crippen LogP contribution is 2.06. The monoisotopic (exact) mass is 230 g/mol. The van der Waals surface area contributed by atoms with Crippen LogP contribution in [0.2, 0.25) is 0 Å². The first-order valence-corrected chi connectivity index (χ1v) is 5.53. The number of hydrogen-bond donors (Lipinski definition) is 2. The van der Waals surface area contributed by atoms with Crippen LogP contribution in [0.5, 0.6) is 0 Å². The molecule has 0 aromatic rings. The fourth-order valence-electron chi connectivity index (χ4n) is 1.36. The number of nitrogens with one attached hydrogen (secondary N) is 2. The van der Waals surface area contributed by atoms with Crippen LogP contribution in [0.25, 0.3) is 0 Å². The molecule has 0 fully saturated rings. The molecular weight excluding hydrogens is 208 g/mol. The van der Waals surface area contributed by atoms with Crippen LogP contribution in [0.1, 0.15) is 26.7 Å². The average molecular weight is 230 g/mol. The molecular formula is C11H22N2O3. The van der Waals surface area contributed by atoms with E-state index in [1.807, 2.05) is 13.8 Å². The molecule has 0 aliphatic carbocycles. The molecule has 1 amide bonds. The molecule has 0 rings (SSSR count). The van der Waals surface area contributed by atoms with Gasteiger partial charge < -0.3 is 15.4 Å². The Morgan fingerprint density at radius 3 is 2.38 bits per heavy atom. The first-order chi connectivity index (χ1) is 7.51. The summed E-state index contributed by atoms with van der Waals surface area (Å²) in [6.07, 6.45) is 1.07. The lowest BCUT2D eigenvalue weighted by atomic mass is 10.0. The summed E-state index contributed by atoms with van der Waals surface area (Å²) in [5.74, 6) is 0.0860. The molecule has 0 saturated heterocycles. The van der Waals surface area contributed by atoms with E-state index in [1.165, 1.54) is 7.11 Å². The Morgan fingerprint density at radius 1 is 1.31 bits per heavy atom. The molecule has 0 bridgehead atoms. The van der Waals surface area contributed by atoms with E-state index in [0.717, 1.165) is 0 Å². The van der Waals surface area contributed by atoms with Gasteiger partial charge in [0.1, 0.15) is 6.04 Å². The predicted octanol–water partition coefficient (Wildman–Crippen LogP) is 0.300. The molecule has 0 aromatic heterocycles. The lowest BCUT2D eigenvalue weighted by Crippen LogP contribution is -2.40. The number of hydrogen-bond acceptors (Lipinski definition) is 4. The average Bonchev–Trinajstić information content (AvgIpc) is 2.25. The lowest BCUT2D eigenvalue weighted by molar-refractivity contribution is -0.143. The van der Waals surface area contributed by atoms with Crippen molar-refractivity contribution in [2.45, 2.75) is 32.7 Å². The Morgan fingerprint density at radius 2 is 1.94 bits per heavy atom. The smallest absolute Gasteiger partial charge is 0.322 e. The maximum Gasteiger partial charge on any atom is 0.322 e. The molecule has 0 spiro atoms. The Bertz CT molecular complexity index is 229. The molecule has 2 N–H and O–H groups in total. The zero-order chi connectivity index (χ0) is 12.6. The van der Waals surface area contributed by atoms with Crippen molar-refractivity contribution < 1.29 is 14.3 Å². The predicted molar refractivity (Wildman–Crippen MR) is 61.9 cm³/mol. The van der Waals surface area contributed by atoms with Crippen molar-refractivity contribution in [3.8, 4) is 0 Å². The van der Waals surface area contributed by atoms with E-state index in [2.05, 4.69) is 10.6 Å². The van der Waals surface area contributed by atoms with Gasteiger partial charge in [0.2, 0.25) is 5.91 Å². The molecule has 0 aliphatic rings.